The molecule has 17 heavy (non-hydrogen) atoms. The summed E-state index contributed by atoms with van der Waals surface area (Å²) in [7, 11) is 0. The minimum absolute atomic E-state index is 0.302. The Bertz CT molecular complexity index is 420. The molecule has 0 aromatic heterocycles. The lowest BCUT2D eigenvalue weighted by molar-refractivity contribution is -0.139. The van der Waals surface area contributed by atoms with Crippen LogP contribution in [0.2, 0.25) is 0 Å². The Morgan fingerprint density at radius 3 is 2.59 bits per heavy atom. The van der Waals surface area contributed by atoms with Crippen molar-refractivity contribution in [3.8, 4) is 0 Å². The van der Waals surface area contributed by atoms with Gasteiger partial charge >= 0.3 is 5.97 Å². The Kier molecular flexibility index (Phi) is 5.03. The van der Waals surface area contributed by atoms with E-state index in [9.17, 15) is 9.59 Å². The molecular formula is C12H15NO3S. The van der Waals surface area contributed by atoms with Gasteiger partial charge in [-0.2, -0.15) is 12.6 Å². The standard InChI is InChI=1S/C12H15NO3S/c1-8-4-2-3-5-9(8)11(14)13-10(6-7-17)12(15)16/h2-5,10,17H,6-7H2,1H3,(H,13,14)(H,15,16)/t10-/m0/s1. The van der Waals surface area contributed by atoms with E-state index in [1.54, 1.807) is 12.1 Å². The molecule has 0 aliphatic heterocycles. The molecule has 92 valence electrons. The molecule has 5 heteroatoms. The first-order valence-corrected chi connectivity index (χ1v) is 5.89. The van der Waals surface area contributed by atoms with Crippen molar-refractivity contribution in [3.05, 3.63) is 35.4 Å². The second-order valence-corrected chi connectivity index (χ2v) is 4.14. The zero-order valence-corrected chi connectivity index (χ0v) is 10.4. The van der Waals surface area contributed by atoms with Gasteiger partial charge in [0.15, 0.2) is 0 Å². The van der Waals surface area contributed by atoms with Gasteiger partial charge in [0.25, 0.3) is 5.91 Å². The predicted octanol–water partition coefficient (Wildman–Crippen LogP) is 1.50. The van der Waals surface area contributed by atoms with Gasteiger partial charge in [0, 0.05) is 5.56 Å². The Morgan fingerprint density at radius 2 is 2.06 bits per heavy atom. The number of aryl methyl sites for hydroxylation is 1. The van der Waals surface area contributed by atoms with E-state index in [4.69, 9.17) is 5.11 Å². The van der Waals surface area contributed by atoms with E-state index in [0.717, 1.165) is 5.56 Å². The highest BCUT2D eigenvalue weighted by atomic mass is 32.1. The molecule has 1 amide bonds. The highest BCUT2D eigenvalue weighted by Crippen LogP contribution is 2.07. The van der Waals surface area contributed by atoms with Crippen LogP contribution in [0.25, 0.3) is 0 Å². The molecular weight excluding hydrogens is 238 g/mol. The Morgan fingerprint density at radius 1 is 1.41 bits per heavy atom. The van der Waals surface area contributed by atoms with E-state index in [1.807, 2.05) is 19.1 Å². The number of nitrogens with one attached hydrogen (secondary N) is 1. The van der Waals surface area contributed by atoms with Crippen LogP contribution in [0.15, 0.2) is 24.3 Å². The van der Waals surface area contributed by atoms with E-state index >= 15 is 0 Å². The minimum Gasteiger partial charge on any atom is -0.480 e. The van der Waals surface area contributed by atoms with Crippen molar-refractivity contribution < 1.29 is 14.7 Å². The number of hydrogen-bond donors (Lipinski definition) is 3. The Hall–Kier alpha value is -1.49. The maximum Gasteiger partial charge on any atom is 0.326 e. The van der Waals surface area contributed by atoms with E-state index in [2.05, 4.69) is 17.9 Å². The topological polar surface area (TPSA) is 66.4 Å². The van der Waals surface area contributed by atoms with Crippen LogP contribution in [0.4, 0.5) is 0 Å². The first-order valence-electron chi connectivity index (χ1n) is 5.26. The summed E-state index contributed by atoms with van der Waals surface area (Å²) >= 11 is 3.97. The summed E-state index contributed by atoms with van der Waals surface area (Å²) in [6.45, 7) is 1.81. The van der Waals surface area contributed by atoms with Gasteiger partial charge in [-0.25, -0.2) is 4.79 Å². The van der Waals surface area contributed by atoms with E-state index < -0.39 is 12.0 Å². The van der Waals surface area contributed by atoms with Crippen molar-refractivity contribution in [1.82, 2.24) is 5.32 Å². The summed E-state index contributed by atoms with van der Waals surface area (Å²) in [6.07, 6.45) is 0.302. The number of thiol groups is 1. The number of amides is 1. The van der Waals surface area contributed by atoms with Gasteiger partial charge in [0.05, 0.1) is 0 Å². The fourth-order valence-electron chi connectivity index (χ4n) is 1.45. The van der Waals surface area contributed by atoms with Crippen LogP contribution in [0.1, 0.15) is 22.3 Å². The van der Waals surface area contributed by atoms with Gasteiger partial charge in [0.1, 0.15) is 6.04 Å². The molecule has 1 atom stereocenters. The molecule has 4 nitrogen and oxygen atoms in total. The summed E-state index contributed by atoms with van der Waals surface area (Å²) in [5.41, 5.74) is 1.32. The number of hydrogen-bond acceptors (Lipinski definition) is 3. The van der Waals surface area contributed by atoms with Crippen molar-refractivity contribution in [3.63, 3.8) is 0 Å². The second-order valence-electron chi connectivity index (χ2n) is 3.69. The number of rotatable bonds is 5. The fraction of sp³-hybridized carbons (Fsp3) is 0.333. The third kappa shape index (κ3) is 3.78. The highest BCUT2D eigenvalue weighted by molar-refractivity contribution is 7.80. The van der Waals surface area contributed by atoms with Crippen LogP contribution < -0.4 is 5.32 Å². The molecule has 2 N–H and O–H groups in total. The number of carbonyl (C=O) groups excluding carboxylic acids is 1. The SMILES string of the molecule is Cc1ccccc1C(=O)N[C@@H](CCS)C(=O)O. The molecule has 0 saturated carbocycles. The summed E-state index contributed by atoms with van der Waals surface area (Å²) in [6, 6.07) is 6.16. The van der Waals surface area contributed by atoms with Crippen LogP contribution in [0.5, 0.6) is 0 Å². The molecule has 0 aliphatic carbocycles. The highest BCUT2D eigenvalue weighted by Gasteiger charge is 2.20. The largest absolute Gasteiger partial charge is 0.480 e. The van der Waals surface area contributed by atoms with Crippen LogP contribution in [-0.2, 0) is 4.79 Å². The molecule has 1 aromatic carbocycles. The number of aliphatic carboxylic acids is 1. The van der Waals surface area contributed by atoms with Crippen molar-refractivity contribution in [2.45, 2.75) is 19.4 Å². The summed E-state index contributed by atoms with van der Waals surface area (Å²) < 4.78 is 0. The Labute approximate surface area is 105 Å². The predicted molar refractivity (Wildman–Crippen MR) is 68.5 cm³/mol. The number of benzene rings is 1. The van der Waals surface area contributed by atoms with Gasteiger partial charge in [0.2, 0.25) is 0 Å². The second kappa shape index (κ2) is 6.30. The fourth-order valence-corrected chi connectivity index (χ4v) is 1.71. The molecule has 0 aliphatic rings. The van der Waals surface area contributed by atoms with Crippen molar-refractivity contribution >= 4 is 24.5 Å². The lowest BCUT2D eigenvalue weighted by atomic mass is 10.1. The maximum atomic E-state index is 11.9. The molecule has 0 saturated heterocycles. The zero-order chi connectivity index (χ0) is 12.8. The summed E-state index contributed by atoms with van der Waals surface area (Å²) in [4.78, 5) is 22.7. The number of carbonyl (C=O) groups is 2. The van der Waals surface area contributed by atoms with E-state index in [0.29, 0.717) is 17.7 Å². The average molecular weight is 253 g/mol. The van der Waals surface area contributed by atoms with Gasteiger partial charge in [-0.15, -0.1) is 0 Å². The van der Waals surface area contributed by atoms with Crippen molar-refractivity contribution in [2.24, 2.45) is 0 Å². The lowest BCUT2D eigenvalue weighted by Gasteiger charge is -2.14. The first kappa shape index (κ1) is 13.6. The third-order valence-electron chi connectivity index (χ3n) is 2.41. The van der Waals surface area contributed by atoms with Gasteiger partial charge in [-0.1, -0.05) is 18.2 Å². The minimum atomic E-state index is -1.04. The van der Waals surface area contributed by atoms with Crippen molar-refractivity contribution in [1.29, 1.82) is 0 Å². The monoisotopic (exact) mass is 253 g/mol. The number of carboxylic acids is 1. The van der Waals surface area contributed by atoms with Crippen molar-refractivity contribution in [2.75, 3.05) is 5.75 Å². The van der Waals surface area contributed by atoms with Crippen LogP contribution >= 0.6 is 12.6 Å². The molecule has 0 fully saturated rings. The zero-order valence-electron chi connectivity index (χ0n) is 9.51. The smallest absolute Gasteiger partial charge is 0.326 e. The van der Waals surface area contributed by atoms with Gasteiger partial charge in [-0.3, -0.25) is 4.79 Å². The summed E-state index contributed by atoms with van der Waals surface area (Å²) in [5, 5.41) is 11.4. The molecule has 1 rings (SSSR count). The normalized spacial score (nSPS) is 11.9. The Balaban J connectivity index is 2.77. The first-order chi connectivity index (χ1) is 8.06. The summed E-state index contributed by atoms with van der Waals surface area (Å²) in [5.74, 6) is -0.997. The van der Waals surface area contributed by atoms with Gasteiger partial charge in [-0.05, 0) is 30.7 Å². The molecule has 0 unspecified atom stereocenters. The van der Waals surface area contributed by atoms with Crippen LogP contribution in [0.3, 0.4) is 0 Å². The molecule has 0 radical (unpaired) electrons. The van der Waals surface area contributed by atoms with Gasteiger partial charge < -0.3 is 10.4 Å². The van der Waals surface area contributed by atoms with Crippen LogP contribution in [-0.4, -0.2) is 28.8 Å². The third-order valence-corrected chi connectivity index (χ3v) is 2.67. The molecule has 0 spiro atoms. The lowest BCUT2D eigenvalue weighted by Crippen LogP contribution is -2.41. The quantitative estimate of drug-likeness (QED) is 0.697. The molecule has 0 bridgehead atoms. The van der Waals surface area contributed by atoms with Crippen LogP contribution in [0, 0.1) is 6.92 Å². The molecule has 1 aromatic rings. The maximum absolute atomic E-state index is 11.9. The van der Waals surface area contributed by atoms with E-state index in [-0.39, 0.29) is 5.91 Å². The van der Waals surface area contributed by atoms with E-state index in [1.165, 1.54) is 0 Å². The number of carboxylic acid groups (broad SMARTS) is 1. The average Bonchev–Trinajstić information content (AvgIpc) is 2.28. The molecule has 0 heterocycles.